The monoisotopic (exact) mass is 267 g/mol. The van der Waals surface area contributed by atoms with E-state index in [0.717, 1.165) is 36.5 Å². The Morgan fingerprint density at radius 1 is 1.06 bits per heavy atom. The van der Waals surface area contributed by atoms with E-state index in [-0.39, 0.29) is 0 Å². The Kier molecular flexibility index (Phi) is 3.57. The topological polar surface area (TPSA) is 30.5 Å². The zero-order valence-corrected chi connectivity index (χ0v) is 11.1. The summed E-state index contributed by atoms with van der Waals surface area (Å²) in [6, 6.07) is 7.86. The van der Waals surface area contributed by atoms with Gasteiger partial charge in [-0.3, -0.25) is 0 Å². The minimum absolute atomic E-state index is 0.419. The lowest BCUT2D eigenvalue weighted by Crippen LogP contribution is -2.42. The Labute approximate surface area is 112 Å². The van der Waals surface area contributed by atoms with Crippen LogP contribution in [0.5, 0.6) is 0 Å². The highest BCUT2D eigenvalue weighted by molar-refractivity contribution is 6.30. The standard InChI is InChI=1S/C14H18ClNO2/c15-13-3-1-11(2-4-13)14(17-9-10-18-14)12-5-7-16-8-6-12/h1-4,12,16H,5-10H2. The van der Waals surface area contributed by atoms with Crippen LogP contribution in [0.3, 0.4) is 0 Å². The molecule has 3 nitrogen and oxygen atoms in total. The molecule has 2 fully saturated rings. The van der Waals surface area contributed by atoms with Gasteiger partial charge in [-0.25, -0.2) is 0 Å². The van der Waals surface area contributed by atoms with Gasteiger partial charge in [0, 0.05) is 16.5 Å². The maximum atomic E-state index is 6.01. The van der Waals surface area contributed by atoms with Crippen molar-refractivity contribution in [2.24, 2.45) is 5.92 Å². The molecule has 4 heteroatoms. The summed E-state index contributed by atoms with van der Waals surface area (Å²) in [5.74, 6) is -0.130. The number of halogens is 1. The lowest BCUT2D eigenvalue weighted by molar-refractivity contribution is -0.210. The number of benzene rings is 1. The third-order valence-corrected chi connectivity index (χ3v) is 4.09. The van der Waals surface area contributed by atoms with E-state index >= 15 is 0 Å². The number of piperidine rings is 1. The van der Waals surface area contributed by atoms with Crippen molar-refractivity contribution in [3.8, 4) is 0 Å². The van der Waals surface area contributed by atoms with Gasteiger partial charge in [0.15, 0.2) is 5.79 Å². The maximum absolute atomic E-state index is 6.01. The SMILES string of the molecule is Clc1ccc(C2(C3CCNCC3)OCCO2)cc1. The minimum Gasteiger partial charge on any atom is -0.343 e. The maximum Gasteiger partial charge on any atom is 0.197 e. The van der Waals surface area contributed by atoms with E-state index in [9.17, 15) is 0 Å². The molecule has 0 amide bonds. The van der Waals surface area contributed by atoms with Gasteiger partial charge in [-0.05, 0) is 38.1 Å². The van der Waals surface area contributed by atoms with Gasteiger partial charge in [-0.1, -0.05) is 23.7 Å². The molecule has 1 aromatic rings. The van der Waals surface area contributed by atoms with Crippen molar-refractivity contribution in [3.05, 3.63) is 34.9 Å². The van der Waals surface area contributed by atoms with Crippen LogP contribution in [0.15, 0.2) is 24.3 Å². The van der Waals surface area contributed by atoms with E-state index in [1.807, 2.05) is 24.3 Å². The highest BCUT2D eigenvalue weighted by atomic mass is 35.5. The van der Waals surface area contributed by atoms with Gasteiger partial charge in [0.05, 0.1) is 13.2 Å². The molecule has 2 aliphatic rings. The second-order valence-corrected chi connectivity index (χ2v) is 5.33. The van der Waals surface area contributed by atoms with Gasteiger partial charge in [0.25, 0.3) is 0 Å². The number of ether oxygens (including phenoxy) is 2. The van der Waals surface area contributed by atoms with Gasteiger partial charge >= 0.3 is 0 Å². The van der Waals surface area contributed by atoms with Crippen molar-refractivity contribution in [2.75, 3.05) is 26.3 Å². The molecule has 0 saturated carbocycles. The summed E-state index contributed by atoms with van der Waals surface area (Å²) >= 11 is 5.96. The number of rotatable bonds is 2. The van der Waals surface area contributed by atoms with Crippen LogP contribution in [-0.4, -0.2) is 26.3 Å². The third kappa shape index (κ3) is 2.16. The Morgan fingerprint density at radius 2 is 1.67 bits per heavy atom. The largest absolute Gasteiger partial charge is 0.343 e. The first-order chi connectivity index (χ1) is 8.81. The molecule has 1 aromatic carbocycles. The summed E-state index contributed by atoms with van der Waals surface area (Å²) in [7, 11) is 0. The second-order valence-electron chi connectivity index (χ2n) is 4.90. The highest BCUT2D eigenvalue weighted by Crippen LogP contribution is 2.42. The van der Waals surface area contributed by atoms with Gasteiger partial charge in [0.2, 0.25) is 0 Å². The Hall–Kier alpha value is -0.610. The van der Waals surface area contributed by atoms with E-state index in [1.54, 1.807) is 0 Å². The number of hydrogen-bond donors (Lipinski definition) is 1. The number of nitrogens with one attached hydrogen (secondary N) is 1. The van der Waals surface area contributed by atoms with E-state index in [2.05, 4.69) is 5.32 Å². The van der Waals surface area contributed by atoms with Crippen molar-refractivity contribution in [1.82, 2.24) is 5.32 Å². The van der Waals surface area contributed by atoms with Crippen LogP contribution < -0.4 is 5.32 Å². The molecule has 18 heavy (non-hydrogen) atoms. The molecule has 0 aliphatic carbocycles. The highest BCUT2D eigenvalue weighted by Gasteiger charge is 2.46. The molecule has 0 radical (unpaired) electrons. The zero-order chi connectivity index (χ0) is 12.4. The van der Waals surface area contributed by atoms with Crippen LogP contribution in [0, 0.1) is 5.92 Å². The first-order valence-corrected chi connectivity index (χ1v) is 6.94. The van der Waals surface area contributed by atoms with Crippen LogP contribution in [0.2, 0.25) is 5.02 Å². The molecule has 0 unspecified atom stereocenters. The summed E-state index contributed by atoms with van der Waals surface area (Å²) in [6.07, 6.45) is 2.17. The minimum atomic E-state index is -0.549. The van der Waals surface area contributed by atoms with E-state index < -0.39 is 5.79 Å². The molecule has 2 aliphatic heterocycles. The first kappa shape index (κ1) is 12.4. The fourth-order valence-corrected chi connectivity index (χ4v) is 3.08. The zero-order valence-electron chi connectivity index (χ0n) is 10.3. The van der Waals surface area contributed by atoms with Gasteiger partial charge in [-0.15, -0.1) is 0 Å². The summed E-state index contributed by atoms with van der Waals surface area (Å²) in [4.78, 5) is 0. The normalized spacial score (nSPS) is 24.3. The average molecular weight is 268 g/mol. The quantitative estimate of drug-likeness (QED) is 0.893. The Balaban J connectivity index is 1.92. The van der Waals surface area contributed by atoms with Crippen molar-refractivity contribution in [3.63, 3.8) is 0 Å². The lowest BCUT2D eigenvalue weighted by atomic mass is 9.84. The van der Waals surface area contributed by atoms with Gasteiger partial charge in [0.1, 0.15) is 0 Å². The molecule has 2 heterocycles. The van der Waals surface area contributed by atoms with Crippen molar-refractivity contribution >= 4 is 11.6 Å². The summed E-state index contributed by atoms with van der Waals surface area (Å²) in [6.45, 7) is 3.42. The fraction of sp³-hybridized carbons (Fsp3) is 0.571. The van der Waals surface area contributed by atoms with Crippen molar-refractivity contribution in [1.29, 1.82) is 0 Å². The molecule has 0 spiro atoms. The van der Waals surface area contributed by atoms with Crippen LogP contribution in [-0.2, 0) is 15.3 Å². The van der Waals surface area contributed by atoms with Crippen LogP contribution in [0.4, 0.5) is 0 Å². The summed E-state index contributed by atoms with van der Waals surface area (Å²) in [5.41, 5.74) is 1.09. The van der Waals surface area contributed by atoms with Gasteiger partial charge in [-0.2, -0.15) is 0 Å². The molecule has 3 rings (SSSR count). The van der Waals surface area contributed by atoms with Crippen LogP contribution in [0.25, 0.3) is 0 Å². The smallest absolute Gasteiger partial charge is 0.197 e. The molecule has 0 atom stereocenters. The fourth-order valence-electron chi connectivity index (χ4n) is 2.95. The van der Waals surface area contributed by atoms with Crippen molar-refractivity contribution in [2.45, 2.75) is 18.6 Å². The summed E-state index contributed by atoms with van der Waals surface area (Å²) in [5, 5.41) is 4.13. The molecule has 2 saturated heterocycles. The van der Waals surface area contributed by atoms with Crippen LogP contribution >= 0.6 is 11.6 Å². The molecular weight excluding hydrogens is 250 g/mol. The Bertz CT molecular complexity index is 395. The summed E-state index contributed by atoms with van der Waals surface area (Å²) < 4.78 is 12.0. The van der Waals surface area contributed by atoms with Crippen molar-refractivity contribution < 1.29 is 9.47 Å². The van der Waals surface area contributed by atoms with Gasteiger partial charge < -0.3 is 14.8 Å². The van der Waals surface area contributed by atoms with E-state index in [1.165, 1.54) is 0 Å². The second kappa shape index (κ2) is 5.17. The first-order valence-electron chi connectivity index (χ1n) is 6.56. The van der Waals surface area contributed by atoms with E-state index in [0.29, 0.717) is 19.1 Å². The Morgan fingerprint density at radius 3 is 2.28 bits per heavy atom. The lowest BCUT2D eigenvalue weighted by Gasteiger charge is -2.38. The molecule has 0 bridgehead atoms. The van der Waals surface area contributed by atoms with E-state index in [4.69, 9.17) is 21.1 Å². The predicted molar refractivity (Wildman–Crippen MR) is 70.6 cm³/mol. The third-order valence-electron chi connectivity index (χ3n) is 3.84. The molecule has 1 N–H and O–H groups in total. The molecular formula is C14H18ClNO2. The van der Waals surface area contributed by atoms with Crippen LogP contribution in [0.1, 0.15) is 18.4 Å². The number of hydrogen-bond acceptors (Lipinski definition) is 3. The predicted octanol–water partition coefficient (Wildman–Crippen LogP) is 2.54. The molecule has 0 aromatic heterocycles. The average Bonchev–Trinajstić information content (AvgIpc) is 2.91. The molecule has 98 valence electrons.